The Bertz CT molecular complexity index is 742. The summed E-state index contributed by atoms with van der Waals surface area (Å²) in [6.45, 7) is 6.67. The van der Waals surface area contributed by atoms with E-state index < -0.39 is 10.0 Å². The molecule has 0 unspecified atom stereocenters. The van der Waals surface area contributed by atoms with Crippen LogP contribution in [0.4, 0.5) is 5.82 Å². The molecule has 0 saturated carbocycles. The lowest BCUT2D eigenvalue weighted by Gasteiger charge is -2.19. The standard InChI is InChI=1S/C19H27N3O2S/c1-4-22(5-2)25(23,24)18-13-14-19(20-15-18)21-16(3)11-12-17-9-7-6-8-10-17/h6-10,13-16H,4-5,11-12H2,1-3H3,(H,20,21)/t16-/m0/s1. The second kappa shape index (κ2) is 8.97. The number of hydrogen-bond acceptors (Lipinski definition) is 4. The van der Waals surface area contributed by atoms with Crippen molar-refractivity contribution in [3.05, 3.63) is 54.2 Å². The summed E-state index contributed by atoms with van der Waals surface area (Å²) in [5, 5.41) is 3.33. The minimum Gasteiger partial charge on any atom is -0.368 e. The number of aromatic nitrogens is 1. The van der Waals surface area contributed by atoms with E-state index in [4.69, 9.17) is 0 Å². The molecule has 1 N–H and O–H groups in total. The molecule has 0 spiro atoms. The highest BCUT2D eigenvalue weighted by Gasteiger charge is 2.21. The van der Waals surface area contributed by atoms with Gasteiger partial charge in [-0.3, -0.25) is 0 Å². The number of sulfonamides is 1. The first-order valence-electron chi connectivity index (χ1n) is 8.74. The lowest BCUT2D eigenvalue weighted by molar-refractivity contribution is 0.445. The van der Waals surface area contributed by atoms with Crippen molar-refractivity contribution < 1.29 is 8.42 Å². The molecule has 2 rings (SSSR count). The Kier molecular flexibility index (Phi) is 6.96. The number of nitrogens with one attached hydrogen (secondary N) is 1. The first kappa shape index (κ1) is 19.4. The first-order valence-corrected chi connectivity index (χ1v) is 10.2. The molecule has 5 nitrogen and oxygen atoms in total. The predicted octanol–water partition coefficient (Wildman–Crippen LogP) is 3.55. The SMILES string of the molecule is CCN(CC)S(=O)(=O)c1ccc(N[C@@H](C)CCc2ccccc2)nc1. The molecule has 0 fully saturated rings. The van der Waals surface area contributed by atoms with E-state index >= 15 is 0 Å². The average Bonchev–Trinajstić information content (AvgIpc) is 2.62. The van der Waals surface area contributed by atoms with Crippen LogP contribution in [0.5, 0.6) is 0 Å². The number of benzene rings is 1. The molecule has 0 saturated heterocycles. The average molecular weight is 362 g/mol. The number of rotatable bonds is 9. The lowest BCUT2D eigenvalue weighted by atomic mass is 10.1. The molecule has 1 aromatic carbocycles. The fourth-order valence-corrected chi connectivity index (χ4v) is 4.09. The van der Waals surface area contributed by atoms with Crippen LogP contribution in [0.25, 0.3) is 0 Å². The maximum atomic E-state index is 12.5. The van der Waals surface area contributed by atoms with Gasteiger partial charge in [-0.2, -0.15) is 4.31 Å². The zero-order valence-corrected chi connectivity index (χ0v) is 16.0. The molecule has 1 heterocycles. The van der Waals surface area contributed by atoms with Crippen molar-refractivity contribution in [2.75, 3.05) is 18.4 Å². The van der Waals surface area contributed by atoms with Crippen molar-refractivity contribution in [1.29, 1.82) is 0 Å². The third-order valence-electron chi connectivity index (χ3n) is 4.18. The molecule has 0 aliphatic heterocycles. The van der Waals surface area contributed by atoms with Crippen LogP contribution in [-0.2, 0) is 16.4 Å². The van der Waals surface area contributed by atoms with Gasteiger partial charge < -0.3 is 5.32 Å². The van der Waals surface area contributed by atoms with Crippen molar-refractivity contribution in [1.82, 2.24) is 9.29 Å². The summed E-state index contributed by atoms with van der Waals surface area (Å²) in [5.41, 5.74) is 1.31. The number of anilines is 1. The largest absolute Gasteiger partial charge is 0.368 e. The zero-order chi connectivity index (χ0) is 18.3. The maximum absolute atomic E-state index is 12.5. The summed E-state index contributed by atoms with van der Waals surface area (Å²) in [7, 11) is -3.45. The molecule has 25 heavy (non-hydrogen) atoms. The van der Waals surface area contributed by atoms with E-state index in [1.165, 1.54) is 16.1 Å². The van der Waals surface area contributed by atoms with Crippen molar-refractivity contribution >= 4 is 15.8 Å². The first-order chi connectivity index (χ1) is 12.0. The molecule has 0 aliphatic rings. The van der Waals surface area contributed by atoms with Crippen molar-refractivity contribution in [3.8, 4) is 0 Å². The van der Waals surface area contributed by atoms with Crippen LogP contribution in [0.2, 0.25) is 0 Å². The molecule has 136 valence electrons. The molecular formula is C19H27N3O2S. The van der Waals surface area contributed by atoms with E-state index in [1.807, 2.05) is 32.0 Å². The van der Waals surface area contributed by atoms with Gasteiger partial charge in [-0.25, -0.2) is 13.4 Å². The summed E-state index contributed by atoms with van der Waals surface area (Å²) in [6.07, 6.45) is 3.40. The molecule has 0 aliphatic carbocycles. The fraction of sp³-hybridized carbons (Fsp3) is 0.421. The summed E-state index contributed by atoms with van der Waals surface area (Å²) >= 11 is 0. The molecular weight excluding hydrogens is 334 g/mol. The Balaban J connectivity index is 1.95. The van der Waals surface area contributed by atoms with Crippen LogP contribution in [-0.4, -0.2) is 36.8 Å². The van der Waals surface area contributed by atoms with Crippen molar-refractivity contribution in [3.63, 3.8) is 0 Å². The van der Waals surface area contributed by atoms with Gasteiger partial charge in [0.1, 0.15) is 10.7 Å². The Hall–Kier alpha value is -1.92. The highest BCUT2D eigenvalue weighted by Crippen LogP contribution is 2.17. The van der Waals surface area contributed by atoms with Gasteiger partial charge in [0, 0.05) is 25.3 Å². The molecule has 0 bridgehead atoms. The van der Waals surface area contributed by atoms with Gasteiger partial charge in [-0.15, -0.1) is 0 Å². The summed E-state index contributed by atoms with van der Waals surface area (Å²) in [6, 6.07) is 14.0. The third kappa shape index (κ3) is 5.28. The predicted molar refractivity (Wildman–Crippen MR) is 102 cm³/mol. The van der Waals surface area contributed by atoms with E-state index in [0.717, 1.165) is 12.8 Å². The third-order valence-corrected chi connectivity index (χ3v) is 6.22. The van der Waals surface area contributed by atoms with Crippen LogP contribution >= 0.6 is 0 Å². The second-order valence-corrected chi connectivity index (χ2v) is 7.98. The summed E-state index contributed by atoms with van der Waals surface area (Å²) in [4.78, 5) is 4.51. The van der Waals surface area contributed by atoms with Gasteiger partial charge >= 0.3 is 0 Å². The number of aryl methyl sites for hydroxylation is 1. The van der Waals surface area contributed by atoms with Crippen LogP contribution in [0.3, 0.4) is 0 Å². The minimum atomic E-state index is -3.45. The molecule has 1 atom stereocenters. The summed E-state index contributed by atoms with van der Waals surface area (Å²) in [5.74, 6) is 0.694. The second-order valence-electron chi connectivity index (χ2n) is 6.04. The highest BCUT2D eigenvalue weighted by molar-refractivity contribution is 7.89. The Morgan fingerprint density at radius 2 is 1.76 bits per heavy atom. The highest BCUT2D eigenvalue weighted by atomic mass is 32.2. The quantitative estimate of drug-likeness (QED) is 0.742. The monoisotopic (exact) mass is 361 g/mol. The smallest absolute Gasteiger partial charge is 0.244 e. The van der Waals surface area contributed by atoms with Gasteiger partial charge in [-0.1, -0.05) is 44.2 Å². The molecule has 1 aromatic heterocycles. The molecule has 0 radical (unpaired) electrons. The maximum Gasteiger partial charge on any atom is 0.244 e. The van der Waals surface area contributed by atoms with Crippen molar-refractivity contribution in [2.24, 2.45) is 0 Å². The number of hydrogen-bond donors (Lipinski definition) is 1. The van der Waals surface area contributed by atoms with Gasteiger partial charge in [0.2, 0.25) is 10.0 Å². The van der Waals surface area contributed by atoms with Crippen LogP contribution in [0, 0.1) is 0 Å². The van der Waals surface area contributed by atoms with E-state index in [2.05, 4.69) is 29.4 Å². The normalized spacial score (nSPS) is 13.0. The van der Waals surface area contributed by atoms with E-state index in [9.17, 15) is 8.42 Å². The summed E-state index contributed by atoms with van der Waals surface area (Å²) < 4.78 is 26.3. The topological polar surface area (TPSA) is 62.3 Å². The number of pyridine rings is 1. The molecule has 0 amide bonds. The van der Waals surface area contributed by atoms with Gasteiger partial charge in [0.25, 0.3) is 0 Å². The van der Waals surface area contributed by atoms with E-state index in [-0.39, 0.29) is 10.9 Å². The molecule has 6 heteroatoms. The lowest BCUT2D eigenvalue weighted by Crippen LogP contribution is -2.30. The van der Waals surface area contributed by atoms with Crippen molar-refractivity contribution in [2.45, 2.75) is 44.6 Å². The zero-order valence-electron chi connectivity index (χ0n) is 15.1. The Morgan fingerprint density at radius 1 is 1.08 bits per heavy atom. The van der Waals surface area contributed by atoms with Gasteiger partial charge in [0.15, 0.2) is 0 Å². The minimum absolute atomic E-state index is 0.235. The van der Waals surface area contributed by atoms with Gasteiger partial charge in [-0.05, 0) is 37.5 Å². The Morgan fingerprint density at radius 3 is 2.32 bits per heavy atom. The van der Waals surface area contributed by atoms with Crippen LogP contribution in [0.1, 0.15) is 32.8 Å². The van der Waals surface area contributed by atoms with Gasteiger partial charge in [0.05, 0.1) is 0 Å². The van der Waals surface area contributed by atoms with Crippen LogP contribution in [0.15, 0.2) is 53.6 Å². The molecule has 2 aromatic rings. The Labute approximate surface area is 151 Å². The van der Waals surface area contributed by atoms with E-state index in [0.29, 0.717) is 18.9 Å². The number of nitrogens with zero attached hydrogens (tertiary/aromatic N) is 2. The van der Waals surface area contributed by atoms with E-state index in [1.54, 1.807) is 12.1 Å². The van der Waals surface area contributed by atoms with Crippen LogP contribution < -0.4 is 5.32 Å². The fourth-order valence-electron chi connectivity index (χ4n) is 2.68.